The zero-order chi connectivity index (χ0) is 19.1. The topological polar surface area (TPSA) is 30.5 Å². The lowest BCUT2D eigenvalue weighted by molar-refractivity contribution is 0.284. The highest BCUT2D eigenvalue weighted by atomic mass is 35.5. The molecule has 0 aromatic heterocycles. The Balaban J connectivity index is 0.00000280. The average molecular weight is 439 g/mol. The van der Waals surface area contributed by atoms with E-state index in [1.54, 1.807) is 7.11 Å². The third kappa shape index (κ3) is 6.32. The van der Waals surface area contributed by atoms with Crippen LogP contribution in [0.5, 0.6) is 11.5 Å². The molecule has 3 nitrogen and oxygen atoms in total. The van der Waals surface area contributed by atoms with Gasteiger partial charge < -0.3 is 14.8 Å². The molecule has 3 aromatic rings. The van der Waals surface area contributed by atoms with Gasteiger partial charge in [0.2, 0.25) is 0 Å². The van der Waals surface area contributed by atoms with Gasteiger partial charge in [-0.15, -0.1) is 12.4 Å². The molecule has 0 aliphatic carbocycles. The first kappa shape index (κ1) is 22.4. The Labute approximate surface area is 182 Å². The van der Waals surface area contributed by atoms with Gasteiger partial charge >= 0.3 is 0 Å². The highest BCUT2D eigenvalue weighted by Crippen LogP contribution is 2.29. The van der Waals surface area contributed by atoms with Crippen LogP contribution in [0.1, 0.15) is 16.7 Å². The van der Waals surface area contributed by atoms with Crippen molar-refractivity contribution in [3.8, 4) is 11.5 Å². The van der Waals surface area contributed by atoms with Gasteiger partial charge in [-0.05, 0) is 47.0 Å². The van der Waals surface area contributed by atoms with Crippen LogP contribution in [0.25, 0.3) is 0 Å². The molecule has 3 rings (SSSR count). The molecule has 1 N–H and O–H groups in total. The molecule has 0 amide bonds. The molecule has 0 fully saturated rings. The average Bonchev–Trinajstić information content (AvgIpc) is 2.68. The van der Waals surface area contributed by atoms with E-state index >= 15 is 0 Å². The lowest BCUT2D eigenvalue weighted by Gasteiger charge is -2.13. The number of halogens is 3. The van der Waals surface area contributed by atoms with Crippen LogP contribution in [-0.2, 0) is 19.7 Å². The first-order chi connectivity index (χ1) is 13.2. The molecule has 28 heavy (non-hydrogen) atoms. The highest BCUT2D eigenvalue weighted by molar-refractivity contribution is 6.31. The fraction of sp³-hybridized carbons (Fsp3) is 0.182. The monoisotopic (exact) mass is 437 g/mol. The molecule has 0 heterocycles. The van der Waals surface area contributed by atoms with E-state index in [0.717, 1.165) is 21.7 Å². The van der Waals surface area contributed by atoms with E-state index in [2.05, 4.69) is 5.32 Å². The molecule has 0 unspecified atom stereocenters. The Kier molecular flexibility index (Phi) is 8.94. The fourth-order valence-electron chi connectivity index (χ4n) is 2.71. The summed E-state index contributed by atoms with van der Waals surface area (Å²) in [4.78, 5) is 0. The van der Waals surface area contributed by atoms with Crippen molar-refractivity contribution < 1.29 is 9.47 Å². The first-order valence-corrected chi connectivity index (χ1v) is 9.39. The molecule has 0 bridgehead atoms. The van der Waals surface area contributed by atoms with Crippen LogP contribution >= 0.6 is 35.6 Å². The SMILES string of the molecule is COc1cc(CNCc2ccccc2Cl)ccc1OCc1cccc(Cl)c1.Cl. The lowest BCUT2D eigenvalue weighted by atomic mass is 10.2. The van der Waals surface area contributed by atoms with E-state index in [-0.39, 0.29) is 12.4 Å². The Hall–Kier alpha value is -1.91. The molecule has 0 saturated heterocycles. The minimum absolute atomic E-state index is 0. The Morgan fingerprint density at radius 3 is 2.39 bits per heavy atom. The number of nitrogens with one attached hydrogen (secondary N) is 1. The molecule has 6 heteroatoms. The lowest BCUT2D eigenvalue weighted by Crippen LogP contribution is -2.13. The minimum Gasteiger partial charge on any atom is -0.493 e. The van der Waals surface area contributed by atoms with Gasteiger partial charge in [0.15, 0.2) is 11.5 Å². The first-order valence-electron chi connectivity index (χ1n) is 8.64. The second-order valence-electron chi connectivity index (χ2n) is 6.10. The van der Waals surface area contributed by atoms with Gasteiger partial charge in [0.25, 0.3) is 0 Å². The van der Waals surface area contributed by atoms with Crippen molar-refractivity contribution in [2.24, 2.45) is 0 Å². The fourth-order valence-corrected chi connectivity index (χ4v) is 3.13. The second-order valence-corrected chi connectivity index (χ2v) is 6.94. The van der Waals surface area contributed by atoms with E-state index in [1.165, 1.54) is 0 Å². The van der Waals surface area contributed by atoms with E-state index in [0.29, 0.717) is 36.2 Å². The molecule has 0 atom stereocenters. The molecule has 0 aliphatic rings. The summed E-state index contributed by atoms with van der Waals surface area (Å²) in [5.74, 6) is 1.40. The van der Waals surface area contributed by atoms with Crippen molar-refractivity contribution in [3.05, 3.63) is 93.5 Å². The maximum atomic E-state index is 6.18. The van der Waals surface area contributed by atoms with Crippen molar-refractivity contribution in [1.29, 1.82) is 0 Å². The quantitative estimate of drug-likeness (QED) is 0.448. The normalized spacial score (nSPS) is 10.2. The van der Waals surface area contributed by atoms with Crippen LogP contribution in [-0.4, -0.2) is 7.11 Å². The van der Waals surface area contributed by atoms with E-state index in [4.69, 9.17) is 32.7 Å². The smallest absolute Gasteiger partial charge is 0.161 e. The van der Waals surface area contributed by atoms with Gasteiger partial charge in [0.05, 0.1) is 7.11 Å². The van der Waals surface area contributed by atoms with Crippen molar-refractivity contribution in [1.82, 2.24) is 5.32 Å². The van der Waals surface area contributed by atoms with Crippen molar-refractivity contribution >= 4 is 35.6 Å². The van der Waals surface area contributed by atoms with Gasteiger partial charge in [0.1, 0.15) is 6.61 Å². The summed E-state index contributed by atoms with van der Waals surface area (Å²) < 4.78 is 11.4. The largest absolute Gasteiger partial charge is 0.493 e. The molecule has 0 spiro atoms. The predicted octanol–water partition coefficient (Wildman–Crippen LogP) is 6.29. The molecular formula is C22H22Cl3NO2. The summed E-state index contributed by atoms with van der Waals surface area (Å²) in [6.45, 7) is 1.84. The Morgan fingerprint density at radius 2 is 1.64 bits per heavy atom. The number of methoxy groups -OCH3 is 1. The number of hydrogen-bond donors (Lipinski definition) is 1. The van der Waals surface area contributed by atoms with Crippen LogP contribution in [0.2, 0.25) is 10.0 Å². The zero-order valence-corrected chi connectivity index (χ0v) is 17.8. The summed E-state index contributed by atoms with van der Waals surface area (Å²) in [6, 6.07) is 21.4. The standard InChI is InChI=1S/C22H21Cl2NO2.ClH/c1-26-22-12-16(13-25-14-18-6-2-3-8-20(18)24)9-10-21(22)27-15-17-5-4-7-19(23)11-17;/h2-12,25H,13-15H2,1H3;1H. The summed E-state index contributed by atoms with van der Waals surface area (Å²) >= 11 is 12.2. The van der Waals surface area contributed by atoms with Crippen LogP contribution in [0.15, 0.2) is 66.7 Å². The van der Waals surface area contributed by atoms with Gasteiger partial charge in [-0.2, -0.15) is 0 Å². The predicted molar refractivity (Wildman–Crippen MR) is 118 cm³/mol. The van der Waals surface area contributed by atoms with E-state index < -0.39 is 0 Å². The minimum atomic E-state index is 0. The molecule has 0 saturated carbocycles. The number of ether oxygens (including phenoxy) is 2. The molecule has 3 aromatic carbocycles. The van der Waals surface area contributed by atoms with Gasteiger partial charge in [0, 0.05) is 23.1 Å². The van der Waals surface area contributed by atoms with Gasteiger partial charge in [-0.25, -0.2) is 0 Å². The van der Waals surface area contributed by atoms with E-state index in [1.807, 2.05) is 66.7 Å². The highest BCUT2D eigenvalue weighted by Gasteiger charge is 2.07. The van der Waals surface area contributed by atoms with Crippen molar-refractivity contribution in [3.63, 3.8) is 0 Å². The molecular weight excluding hydrogens is 417 g/mol. The van der Waals surface area contributed by atoms with E-state index in [9.17, 15) is 0 Å². The maximum absolute atomic E-state index is 6.18. The summed E-state index contributed by atoms with van der Waals surface area (Å²) in [5, 5.41) is 4.87. The Bertz CT molecular complexity index is 902. The van der Waals surface area contributed by atoms with Crippen molar-refractivity contribution in [2.75, 3.05) is 7.11 Å². The van der Waals surface area contributed by atoms with Crippen LogP contribution in [0.3, 0.4) is 0 Å². The van der Waals surface area contributed by atoms with Gasteiger partial charge in [-0.1, -0.05) is 59.6 Å². The van der Waals surface area contributed by atoms with Crippen LogP contribution < -0.4 is 14.8 Å². The summed E-state index contributed by atoms with van der Waals surface area (Å²) in [7, 11) is 1.64. The maximum Gasteiger partial charge on any atom is 0.161 e. The number of rotatable bonds is 8. The number of hydrogen-bond acceptors (Lipinski definition) is 3. The van der Waals surface area contributed by atoms with Crippen LogP contribution in [0, 0.1) is 0 Å². The second kappa shape index (κ2) is 11.2. The van der Waals surface area contributed by atoms with Crippen molar-refractivity contribution in [2.45, 2.75) is 19.7 Å². The molecule has 0 radical (unpaired) electrons. The molecule has 148 valence electrons. The summed E-state index contributed by atoms with van der Waals surface area (Å²) in [5.41, 5.74) is 3.19. The van der Waals surface area contributed by atoms with Crippen LogP contribution in [0.4, 0.5) is 0 Å². The number of benzene rings is 3. The third-order valence-corrected chi connectivity index (χ3v) is 4.72. The zero-order valence-electron chi connectivity index (χ0n) is 15.5. The summed E-state index contributed by atoms with van der Waals surface area (Å²) in [6.07, 6.45) is 0. The molecule has 0 aliphatic heterocycles. The van der Waals surface area contributed by atoms with Gasteiger partial charge in [-0.3, -0.25) is 0 Å². The third-order valence-electron chi connectivity index (χ3n) is 4.11. The Morgan fingerprint density at radius 1 is 0.821 bits per heavy atom.